The maximum absolute atomic E-state index is 11.2. The lowest BCUT2D eigenvalue weighted by molar-refractivity contribution is 0.101. The van der Waals surface area contributed by atoms with Gasteiger partial charge in [-0.3, -0.25) is 4.79 Å². The van der Waals surface area contributed by atoms with Crippen LogP contribution < -0.4 is 4.90 Å². The molecule has 0 N–H and O–H groups in total. The largest absolute Gasteiger partial charge is 0.370 e. The molecule has 0 amide bonds. The molecule has 0 aliphatic carbocycles. The van der Waals surface area contributed by atoms with E-state index in [1.54, 1.807) is 13.0 Å². The van der Waals surface area contributed by atoms with E-state index in [1.807, 2.05) is 19.2 Å². The molecule has 0 bridgehead atoms. The summed E-state index contributed by atoms with van der Waals surface area (Å²) in [4.78, 5) is 13.4. The van der Waals surface area contributed by atoms with Crippen LogP contribution in [0.25, 0.3) is 0 Å². The van der Waals surface area contributed by atoms with Crippen molar-refractivity contribution in [1.29, 1.82) is 0 Å². The number of anilines is 1. The van der Waals surface area contributed by atoms with Gasteiger partial charge in [0.25, 0.3) is 0 Å². The van der Waals surface area contributed by atoms with Crippen LogP contribution in [-0.2, 0) is 0 Å². The summed E-state index contributed by atoms with van der Waals surface area (Å²) in [7, 11) is 2.03. The summed E-state index contributed by atoms with van der Waals surface area (Å²) in [5.74, 6) is 0.585. The Morgan fingerprint density at radius 1 is 1.29 bits per heavy atom. The molecule has 3 heteroatoms. The number of rotatable bonds is 4. The number of hydrogen-bond acceptors (Lipinski definition) is 2. The summed E-state index contributed by atoms with van der Waals surface area (Å²) >= 11 is 6.22. The highest BCUT2D eigenvalue weighted by Crippen LogP contribution is 2.28. The zero-order valence-corrected chi connectivity index (χ0v) is 11.9. The number of benzene rings is 1. The molecule has 94 valence electrons. The summed E-state index contributed by atoms with van der Waals surface area (Å²) < 4.78 is 0. The SMILES string of the molecule is CC(=O)c1ccc(N(C)C(C)C(C)C)c(Cl)c1. The van der Waals surface area contributed by atoms with E-state index in [2.05, 4.69) is 25.7 Å². The summed E-state index contributed by atoms with van der Waals surface area (Å²) in [6.45, 7) is 8.07. The Hall–Kier alpha value is -1.02. The van der Waals surface area contributed by atoms with Gasteiger partial charge in [-0.1, -0.05) is 25.4 Å². The number of ketones is 1. The van der Waals surface area contributed by atoms with Gasteiger partial charge in [0.15, 0.2) is 5.78 Å². The van der Waals surface area contributed by atoms with Crippen LogP contribution in [0.5, 0.6) is 0 Å². The zero-order chi connectivity index (χ0) is 13.2. The molecule has 1 aromatic carbocycles. The highest BCUT2D eigenvalue weighted by molar-refractivity contribution is 6.33. The molecule has 0 heterocycles. The molecule has 0 radical (unpaired) electrons. The van der Waals surface area contributed by atoms with Gasteiger partial charge in [-0.15, -0.1) is 0 Å². The Morgan fingerprint density at radius 3 is 2.29 bits per heavy atom. The second kappa shape index (κ2) is 5.54. The minimum absolute atomic E-state index is 0.0398. The molecule has 0 aromatic heterocycles. The average molecular weight is 254 g/mol. The van der Waals surface area contributed by atoms with Gasteiger partial charge in [-0.05, 0) is 38.0 Å². The van der Waals surface area contributed by atoms with Gasteiger partial charge in [0, 0.05) is 18.7 Å². The number of nitrogens with zero attached hydrogens (tertiary/aromatic N) is 1. The fourth-order valence-electron chi connectivity index (χ4n) is 1.68. The average Bonchev–Trinajstić information content (AvgIpc) is 2.26. The Balaban J connectivity index is 3.03. The normalized spacial score (nSPS) is 12.6. The van der Waals surface area contributed by atoms with Crippen LogP contribution in [0, 0.1) is 5.92 Å². The van der Waals surface area contributed by atoms with Crippen molar-refractivity contribution in [1.82, 2.24) is 0 Å². The van der Waals surface area contributed by atoms with E-state index in [1.165, 1.54) is 0 Å². The number of Topliss-reactive ketones (excluding diaryl/α,β-unsaturated/α-hetero) is 1. The van der Waals surface area contributed by atoms with Crippen molar-refractivity contribution < 1.29 is 4.79 Å². The van der Waals surface area contributed by atoms with Crippen LogP contribution in [0.2, 0.25) is 5.02 Å². The van der Waals surface area contributed by atoms with E-state index >= 15 is 0 Å². The van der Waals surface area contributed by atoms with Gasteiger partial charge in [-0.2, -0.15) is 0 Å². The van der Waals surface area contributed by atoms with Crippen LogP contribution in [0.4, 0.5) is 5.69 Å². The molecule has 0 fully saturated rings. The molecule has 0 saturated carbocycles. The molecule has 1 unspecified atom stereocenters. The van der Waals surface area contributed by atoms with Crippen molar-refractivity contribution in [2.75, 3.05) is 11.9 Å². The van der Waals surface area contributed by atoms with Crippen LogP contribution in [0.15, 0.2) is 18.2 Å². The third kappa shape index (κ3) is 3.22. The molecule has 1 atom stereocenters. The fourth-order valence-corrected chi connectivity index (χ4v) is 1.99. The number of carbonyl (C=O) groups is 1. The van der Waals surface area contributed by atoms with E-state index in [9.17, 15) is 4.79 Å². The predicted molar refractivity (Wildman–Crippen MR) is 74.2 cm³/mol. The lowest BCUT2D eigenvalue weighted by Gasteiger charge is -2.30. The van der Waals surface area contributed by atoms with Gasteiger partial charge in [0.1, 0.15) is 0 Å². The van der Waals surface area contributed by atoms with Crippen molar-refractivity contribution in [3.63, 3.8) is 0 Å². The second-order valence-electron chi connectivity index (χ2n) is 4.82. The first kappa shape index (κ1) is 14.0. The summed E-state index contributed by atoms with van der Waals surface area (Å²) in [6, 6.07) is 5.88. The maximum atomic E-state index is 11.2. The summed E-state index contributed by atoms with van der Waals surface area (Å²) in [5, 5.41) is 0.632. The zero-order valence-electron chi connectivity index (χ0n) is 11.1. The van der Waals surface area contributed by atoms with Crippen molar-refractivity contribution in [3.05, 3.63) is 28.8 Å². The smallest absolute Gasteiger partial charge is 0.159 e. The van der Waals surface area contributed by atoms with Gasteiger partial charge in [0.05, 0.1) is 10.7 Å². The molecule has 1 aromatic rings. The minimum Gasteiger partial charge on any atom is -0.370 e. The minimum atomic E-state index is 0.0398. The highest BCUT2D eigenvalue weighted by atomic mass is 35.5. The van der Waals surface area contributed by atoms with E-state index < -0.39 is 0 Å². The molecule has 0 aliphatic rings. The first-order valence-corrected chi connectivity index (χ1v) is 6.25. The molecule has 17 heavy (non-hydrogen) atoms. The van der Waals surface area contributed by atoms with E-state index in [0.717, 1.165) is 5.69 Å². The van der Waals surface area contributed by atoms with Crippen molar-refractivity contribution in [2.45, 2.75) is 33.7 Å². The monoisotopic (exact) mass is 253 g/mol. The molecule has 0 spiro atoms. The van der Waals surface area contributed by atoms with Crippen LogP contribution >= 0.6 is 11.6 Å². The molecule has 0 aliphatic heterocycles. The Kier molecular flexibility index (Phi) is 4.58. The number of hydrogen-bond donors (Lipinski definition) is 0. The molecular weight excluding hydrogens is 234 g/mol. The highest BCUT2D eigenvalue weighted by Gasteiger charge is 2.16. The van der Waals surface area contributed by atoms with E-state index in [-0.39, 0.29) is 5.78 Å². The van der Waals surface area contributed by atoms with Crippen LogP contribution in [0.3, 0.4) is 0 Å². The lowest BCUT2D eigenvalue weighted by atomic mass is 10.0. The number of halogens is 1. The fraction of sp³-hybridized carbons (Fsp3) is 0.500. The van der Waals surface area contributed by atoms with Crippen molar-refractivity contribution >= 4 is 23.1 Å². The summed E-state index contributed by atoms with van der Waals surface area (Å²) in [6.07, 6.45) is 0. The molecule has 0 saturated heterocycles. The Morgan fingerprint density at radius 2 is 1.88 bits per heavy atom. The van der Waals surface area contributed by atoms with Crippen LogP contribution in [0.1, 0.15) is 38.1 Å². The third-order valence-electron chi connectivity index (χ3n) is 3.31. The molecular formula is C14H20ClNO. The van der Waals surface area contributed by atoms with E-state index in [0.29, 0.717) is 22.5 Å². The Labute approximate surface area is 109 Å². The summed E-state index contributed by atoms with van der Waals surface area (Å²) in [5.41, 5.74) is 1.63. The number of carbonyl (C=O) groups excluding carboxylic acids is 1. The first-order chi connectivity index (χ1) is 7.84. The van der Waals surface area contributed by atoms with Gasteiger partial charge in [0.2, 0.25) is 0 Å². The van der Waals surface area contributed by atoms with Gasteiger partial charge < -0.3 is 4.90 Å². The van der Waals surface area contributed by atoms with Crippen LogP contribution in [-0.4, -0.2) is 18.9 Å². The first-order valence-electron chi connectivity index (χ1n) is 5.88. The van der Waals surface area contributed by atoms with Crippen molar-refractivity contribution in [2.24, 2.45) is 5.92 Å². The lowest BCUT2D eigenvalue weighted by Crippen LogP contribution is -2.33. The topological polar surface area (TPSA) is 20.3 Å². The van der Waals surface area contributed by atoms with Crippen molar-refractivity contribution in [3.8, 4) is 0 Å². The predicted octanol–water partition coefficient (Wildman–Crippen LogP) is 4.02. The van der Waals surface area contributed by atoms with Gasteiger partial charge in [-0.25, -0.2) is 0 Å². The molecule has 2 nitrogen and oxygen atoms in total. The standard InChI is InChI=1S/C14H20ClNO/c1-9(2)10(3)16(5)14-7-6-12(11(4)17)8-13(14)15/h6-10H,1-5H3. The second-order valence-corrected chi connectivity index (χ2v) is 5.23. The third-order valence-corrected chi connectivity index (χ3v) is 3.61. The maximum Gasteiger partial charge on any atom is 0.159 e. The molecule has 1 rings (SSSR count). The van der Waals surface area contributed by atoms with E-state index in [4.69, 9.17) is 11.6 Å². The van der Waals surface area contributed by atoms with Gasteiger partial charge >= 0.3 is 0 Å². The Bertz CT molecular complexity index is 415. The quantitative estimate of drug-likeness (QED) is 0.756.